The molecule has 0 atom stereocenters. The van der Waals surface area contributed by atoms with Crippen LogP contribution in [0, 0.1) is 0 Å². The number of carbonyl (C=O) groups excluding carboxylic acids is 1. The number of imidazole rings is 1. The number of amides is 1. The Kier molecular flexibility index (Phi) is 6.64. The fraction of sp³-hybridized carbons (Fsp3) is 0.417. The Balaban J connectivity index is 1.16. The summed E-state index contributed by atoms with van der Waals surface area (Å²) in [6, 6.07) is 10.8. The monoisotopic (exact) mass is 483 g/mol. The van der Waals surface area contributed by atoms with Crippen molar-refractivity contribution in [2.45, 2.75) is 30.3 Å². The van der Waals surface area contributed by atoms with Crippen molar-refractivity contribution < 1.29 is 17.9 Å². The molecule has 4 heterocycles. The molecule has 1 aromatic carbocycles. The minimum Gasteiger partial charge on any atom is -0.381 e. The predicted molar refractivity (Wildman–Crippen MR) is 127 cm³/mol. The maximum atomic E-state index is 13.1. The van der Waals surface area contributed by atoms with Crippen LogP contribution in [0.4, 0.5) is 0 Å². The van der Waals surface area contributed by atoms with Crippen LogP contribution in [-0.2, 0) is 21.3 Å². The van der Waals surface area contributed by atoms with Crippen molar-refractivity contribution in [1.82, 2.24) is 23.9 Å². The van der Waals surface area contributed by atoms with Crippen molar-refractivity contribution in [2.24, 2.45) is 0 Å². The lowest BCUT2D eigenvalue weighted by Gasteiger charge is -2.40. The first-order chi connectivity index (χ1) is 16.5. The first-order valence-corrected chi connectivity index (χ1v) is 13.1. The van der Waals surface area contributed by atoms with E-state index in [1.54, 1.807) is 63.7 Å². The molecule has 0 spiro atoms. The largest absolute Gasteiger partial charge is 0.381 e. The van der Waals surface area contributed by atoms with Crippen LogP contribution in [0.3, 0.4) is 0 Å². The zero-order valence-corrected chi connectivity index (χ0v) is 19.8. The number of ether oxygens (including phenoxy) is 1. The molecule has 3 aromatic rings. The van der Waals surface area contributed by atoms with Crippen molar-refractivity contribution in [3.8, 4) is 0 Å². The Morgan fingerprint density at radius 3 is 2.50 bits per heavy atom. The Bertz CT molecular complexity index is 1240. The zero-order valence-electron chi connectivity index (χ0n) is 19.0. The Morgan fingerprint density at radius 2 is 1.76 bits per heavy atom. The van der Waals surface area contributed by atoms with E-state index in [4.69, 9.17) is 4.74 Å². The van der Waals surface area contributed by atoms with Gasteiger partial charge in [-0.3, -0.25) is 9.69 Å². The van der Waals surface area contributed by atoms with Crippen LogP contribution in [0.5, 0.6) is 0 Å². The van der Waals surface area contributed by atoms with Crippen molar-refractivity contribution >= 4 is 21.6 Å². The van der Waals surface area contributed by atoms with Gasteiger partial charge in [-0.15, -0.1) is 0 Å². The number of nitrogens with one attached hydrogen (secondary N) is 1. The van der Waals surface area contributed by atoms with Gasteiger partial charge < -0.3 is 14.5 Å². The number of pyridine rings is 1. The average Bonchev–Trinajstić information content (AvgIpc) is 3.36. The molecule has 0 unspecified atom stereocenters. The van der Waals surface area contributed by atoms with Crippen LogP contribution in [-0.4, -0.2) is 78.3 Å². The molecule has 2 fully saturated rings. The second-order valence-electron chi connectivity index (χ2n) is 8.72. The van der Waals surface area contributed by atoms with Crippen LogP contribution >= 0.6 is 0 Å². The highest BCUT2D eigenvalue weighted by Crippen LogP contribution is 2.21. The van der Waals surface area contributed by atoms with E-state index < -0.39 is 10.0 Å². The predicted octanol–water partition coefficient (Wildman–Crippen LogP) is 1.75. The second-order valence-corrected chi connectivity index (χ2v) is 10.7. The first-order valence-electron chi connectivity index (χ1n) is 11.6. The van der Waals surface area contributed by atoms with Gasteiger partial charge in [0.1, 0.15) is 5.65 Å². The van der Waals surface area contributed by atoms with Crippen molar-refractivity contribution in [2.75, 3.05) is 39.4 Å². The topological polar surface area (TPSA) is 96.2 Å². The molecule has 0 bridgehead atoms. The van der Waals surface area contributed by atoms with E-state index in [1.807, 2.05) is 0 Å². The van der Waals surface area contributed by atoms with Gasteiger partial charge in [0, 0.05) is 70.6 Å². The number of hydrogen-bond donors (Lipinski definition) is 1. The summed E-state index contributed by atoms with van der Waals surface area (Å²) >= 11 is 0. The number of piperazine rings is 1. The summed E-state index contributed by atoms with van der Waals surface area (Å²) in [6.45, 7) is 4.38. The smallest absolute Gasteiger partial charge is 0.253 e. The van der Waals surface area contributed by atoms with Crippen molar-refractivity contribution in [3.63, 3.8) is 0 Å². The third-order valence-corrected chi connectivity index (χ3v) is 8.56. The van der Waals surface area contributed by atoms with Gasteiger partial charge in [-0.1, -0.05) is 12.1 Å². The summed E-state index contributed by atoms with van der Waals surface area (Å²) in [4.78, 5) is 19.3. The summed E-state index contributed by atoms with van der Waals surface area (Å²) in [5, 5.41) is 2.88. The summed E-state index contributed by atoms with van der Waals surface area (Å²) in [5.74, 6) is -0.199. The van der Waals surface area contributed by atoms with E-state index in [2.05, 4.69) is 15.2 Å². The molecular formula is C24H29N5O4S. The van der Waals surface area contributed by atoms with E-state index in [-0.39, 0.29) is 10.8 Å². The van der Waals surface area contributed by atoms with Gasteiger partial charge in [-0.25, -0.2) is 13.4 Å². The molecule has 2 saturated heterocycles. The molecule has 10 heteroatoms. The highest BCUT2D eigenvalue weighted by molar-refractivity contribution is 7.89. The van der Waals surface area contributed by atoms with Gasteiger partial charge in [0.15, 0.2) is 0 Å². The molecule has 5 rings (SSSR count). The van der Waals surface area contributed by atoms with Gasteiger partial charge in [0.25, 0.3) is 5.91 Å². The van der Waals surface area contributed by atoms with E-state index in [0.717, 1.165) is 50.4 Å². The van der Waals surface area contributed by atoms with Gasteiger partial charge in [-0.2, -0.15) is 4.31 Å². The standard InChI is InChI=1S/C24H29N5O4S/c30-24(20-3-6-23-25-9-10-28(23)18-20)26-17-19-1-4-22(5-2-19)34(31,32)29-13-11-27(12-14-29)21-7-15-33-16-8-21/h1-6,9-10,18,21H,7-8,11-17H2,(H,26,30). The Labute approximate surface area is 199 Å². The minimum atomic E-state index is -3.54. The molecule has 180 valence electrons. The van der Waals surface area contributed by atoms with E-state index in [1.165, 1.54) is 0 Å². The fourth-order valence-corrected chi connectivity index (χ4v) is 6.05. The van der Waals surface area contributed by atoms with Crippen LogP contribution in [0.1, 0.15) is 28.8 Å². The number of sulfonamides is 1. The summed E-state index contributed by atoms with van der Waals surface area (Å²) in [7, 11) is -3.54. The molecule has 1 N–H and O–H groups in total. The average molecular weight is 484 g/mol. The molecule has 2 aromatic heterocycles. The maximum absolute atomic E-state index is 13.1. The Hall–Kier alpha value is -2.79. The first kappa shape index (κ1) is 23.0. The lowest BCUT2D eigenvalue weighted by atomic mass is 10.1. The molecule has 0 aliphatic carbocycles. The molecule has 2 aliphatic heterocycles. The number of fused-ring (bicyclic) bond motifs is 1. The van der Waals surface area contributed by atoms with Gasteiger partial charge in [0.05, 0.1) is 10.5 Å². The van der Waals surface area contributed by atoms with Crippen molar-refractivity contribution in [3.05, 3.63) is 66.1 Å². The summed E-state index contributed by atoms with van der Waals surface area (Å²) in [5.41, 5.74) is 2.14. The molecular weight excluding hydrogens is 454 g/mol. The molecule has 2 aliphatic rings. The maximum Gasteiger partial charge on any atom is 0.253 e. The van der Waals surface area contributed by atoms with Crippen LogP contribution < -0.4 is 5.32 Å². The van der Waals surface area contributed by atoms with Crippen LogP contribution in [0.2, 0.25) is 0 Å². The quantitative estimate of drug-likeness (QED) is 0.574. The molecule has 34 heavy (non-hydrogen) atoms. The number of nitrogens with zero attached hydrogens (tertiary/aromatic N) is 4. The van der Waals surface area contributed by atoms with Gasteiger partial charge in [0.2, 0.25) is 10.0 Å². The summed E-state index contributed by atoms with van der Waals surface area (Å²) in [6.07, 6.45) is 7.23. The summed E-state index contributed by atoms with van der Waals surface area (Å²) < 4.78 is 35.1. The molecule has 1 amide bonds. The second kappa shape index (κ2) is 9.83. The van der Waals surface area contributed by atoms with Crippen molar-refractivity contribution in [1.29, 1.82) is 0 Å². The van der Waals surface area contributed by atoms with Gasteiger partial charge in [-0.05, 0) is 42.7 Å². The minimum absolute atomic E-state index is 0.199. The van der Waals surface area contributed by atoms with E-state index >= 15 is 0 Å². The Morgan fingerprint density at radius 1 is 1.03 bits per heavy atom. The normalized spacial score (nSPS) is 18.8. The molecule has 0 radical (unpaired) electrons. The number of aromatic nitrogens is 2. The third-order valence-electron chi connectivity index (χ3n) is 6.65. The lowest BCUT2D eigenvalue weighted by Crippen LogP contribution is -2.52. The van der Waals surface area contributed by atoms with E-state index in [0.29, 0.717) is 31.2 Å². The van der Waals surface area contributed by atoms with Gasteiger partial charge >= 0.3 is 0 Å². The fourth-order valence-electron chi connectivity index (χ4n) is 4.63. The number of rotatable bonds is 6. The zero-order chi connectivity index (χ0) is 23.5. The SMILES string of the molecule is O=C(NCc1ccc(S(=O)(=O)N2CCN(C3CCOCC3)CC2)cc1)c1ccc2nccn2c1. The number of hydrogen-bond acceptors (Lipinski definition) is 6. The van der Waals surface area contributed by atoms with Crippen LogP contribution in [0.25, 0.3) is 5.65 Å². The number of carbonyl (C=O) groups is 1. The molecule has 9 nitrogen and oxygen atoms in total. The third kappa shape index (κ3) is 4.85. The van der Waals surface area contributed by atoms with Crippen LogP contribution in [0.15, 0.2) is 59.9 Å². The highest BCUT2D eigenvalue weighted by Gasteiger charge is 2.31. The molecule has 0 saturated carbocycles. The van der Waals surface area contributed by atoms with E-state index in [9.17, 15) is 13.2 Å². The highest BCUT2D eigenvalue weighted by atomic mass is 32.2. The number of benzene rings is 1. The lowest BCUT2D eigenvalue weighted by molar-refractivity contribution is 0.0229.